The van der Waals surface area contributed by atoms with Gasteiger partial charge in [0.05, 0.1) is 12.1 Å². The molecule has 2 aromatic rings. The van der Waals surface area contributed by atoms with Crippen molar-refractivity contribution >= 4 is 40.1 Å². The van der Waals surface area contributed by atoms with Crippen LogP contribution in [0.15, 0.2) is 12.1 Å². The minimum atomic E-state index is -1.05. The largest absolute Gasteiger partial charge is 0.462 e. The maximum Gasteiger partial charge on any atom is 0.341 e. The zero-order valence-electron chi connectivity index (χ0n) is 10.3. The van der Waals surface area contributed by atoms with E-state index in [0.29, 0.717) is 0 Å². The first kappa shape index (κ1) is 14.9. The lowest BCUT2D eigenvalue weighted by molar-refractivity contribution is 0.0525. The average Bonchev–Trinajstić information content (AvgIpc) is 2.39. The molecule has 1 aromatic carbocycles. The van der Waals surface area contributed by atoms with E-state index < -0.39 is 17.6 Å². The summed E-state index contributed by atoms with van der Waals surface area (Å²) >= 11 is 11.7. The Kier molecular flexibility index (Phi) is 4.40. The number of carbonyl (C=O) groups excluding carboxylic acids is 1. The zero-order chi connectivity index (χ0) is 14.9. The Morgan fingerprint density at radius 1 is 1.35 bits per heavy atom. The van der Waals surface area contributed by atoms with Crippen molar-refractivity contribution in [3.05, 3.63) is 40.0 Å². The van der Waals surface area contributed by atoms with Gasteiger partial charge in [0, 0.05) is 17.3 Å². The molecule has 0 aliphatic heterocycles. The minimum Gasteiger partial charge on any atom is -0.462 e. The summed E-state index contributed by atoms with van der Waals surface area (Å²) in [5.74, 6) is -2.92. The molecule has 0 aliphatic carbocycles. The van der Waals surface area contributed by atoms with Gasteiger partial charge in [0.15, 0.2) is 11.6 Å². The third-order valence-electron chi connectivity index (χ3n) is 2.70. The number of nitrogens with zero attached hydrogens (tertiary/aromatic N) is 1. The maximum absolute atomic E-state index is 13.4. The van der Waals surface area contributed by atoms with Crippen molar-refractivity contribution in [3.63, 3.8) is 0 Å². The second-order valence-corrected chi connectivity index (χ2v) is 4.52. The van der Waals surface area contributed by atoms with Crippen molar-refractivity contribution in [3.8, 4) is 0 Å². The van der Waals surface area contributed by atoms with Crippen LogP contribution >= 0.6 is 23.2 Å². The summed E-state index contributed by atoms with van der Waals surface area (Å²) in [6.07, 6.45) is 0. The van der Waals surface area contributed by atoms with Crippen LogP contribution in [0.5, 0.6) is 0 Å². The van der Waals surface area contributed by atoms with Crippen LogP contribution in [0.25, 0.3) is 10.9 Å². The Morgan fingerprint density at radius 3 is 2.60 bits per heavy atom. The van der Waals surface area contributed by atoms with E-state index in [9.17, 15) is 13.6 Å². The van der Waals surface area contributed by atoms with Crippen molar-refractivity contribution in [1.82, 2.24) is 4.98 Å². The molecule has 0 saturated heterocycles. The van der Waals surface area contributed by atoms with Gasteiger partial charge in [0.1, 0.15) is 10.7 Å². The number of esters is 1. The molecule has 106 valence electrons. The molecule has 7 heteroatoms. The first-order valence-electron chi connectivity index (χ1n) is 5.69. The van der Waals surface area contributed by atoms with Crippen LogP contribution in [-0.2, 0) is 10.6 Å². The molecule has 0 N–H and O–H groups in total. The molecule has 0 amide bonds. The van der Waals surface area contributed by atoms with E-state index in [1.54, 1.807) is 6.92 Å². The first-order valence-corrected chi connectivity index (χ1v) is 6.61. The Bertz CT molecular complexity index is 692. The van der Waals surface area contributed by atoms with Gasteiger partial charge in [0.25, 0.3) is 0 Å². The average molecular weight is 320 g/mol. The molecule has 0 unspecified atom stereocenters. The predicted molar refractivity (Wildman–Crippen MR) is 72.2 cm³/mol. The molecular formula is C13H9Cl2F2NO2. The molecular weight excluding hydrogens is 311 g/mol. The van der Waals surface area contributed by atoms with E-state index in [2.05, 4.69) is 4.98 Å². The van der Waals surface area contributed by atoms with Crippen LogP contribution in [0.3, 0.4) is 0 Å². The van der Waals surface area contributed by atoms with Gasteiger partial charge in [-0.2, -0.15) is 0 Å². The minimum absolute atomic E-state index is 0.0259. The lowest BCUT2D eigenvalue weighted by atomic mass is 10.0. The predicted octanol–water partition coefficient (Wildman–Crippen LogP) is 4.08. The molecule has 1 heterocycles. The van der Waals surface area contributed by atoms with Gasteiger partial charge in [-0.15, -0.1) is 11.6 Å². The van der Waals surface area contributed by atoms with Gasteiger partial charge in [-0.1, -0.05) is 11.6 Å². The number of alkyl halides is 1. The van der Waals surface area contributed by atoms with Crippen LogP contribution < -0.4 is 0 Å². The van der Waals surface area contributed by atoms with Crippen LogP contribution in [0.4, 0.5) is 8.78 Å². The summed E-state index contributed by atoms with van der Waals surface area (Å²) in [4.78, 5) is 15.8. The van der Waals surface area contributed by atoms with E-state index in [1.807, 2.05) is 0 Å². The van der Waals surface area contributed by atoms with Crippen molar-refractivity contribution in [2.75, 3.05) is 6.61 Å². The van der Waals surface area contributed by atoms with Gasteiger partial charge in [-0.25, -0.2) is 18.6 Å². The Hall–Kier alpha value is -1.46. The molecule has 0 saturated carbocycles. The molecule has 3 nitrogen and oxygen atoms in total. The normalized spacial score (nSPS) is 10.8. The number of carbonyl (C=O) groups is 1. The van der Waals surface area contributed by atoms with Crippen LogP contribution in [0.1, 0.15) is 22.8 Å². The first-order chi connectivity index (χ1) is 9.49. The van der Waals surface area contributed by atoms with Crippen LogP contribution in [0, 0.1) is 11.6 Å². The standard InChI is InChI=1S/C13H9Cl2F2NO2/c1-2-20-13(19)11-7(5-14)6-3-8(16)9(17)4-10(6)18-12(11)15/h3-4H,2,5H2,1H3. The fraction of sp³-hybridized carbons (Fsp3) is 0.231. The summed E-state index contributed by atoms with van der Waals surface area (Å²) in [6, 6.07) is 1.84. The quantitative estimate of drug-likeness (QED) is 0.486. The summed E-state index contributed by atoms with van der Waals surface area (Å²) in [6.45, 7) is 1.78. The highest BCUT2D eigenvalue weighted by atomic mass is 35.5. The highest BCUT2D eigenvalue weighted by Gasteiger charge is 2.22. The molecule has 0 spiro atoms. The highest BCUT2D eigenvalue weighted by molar-refractivity contribution is 6.33. The number of pyridine rings is 1. The van der Waals surface area contributed by atoms with Gasteiger partial charge >= 0.3 is 5.97 Å². The molecule has 0 bridgehead atoms. The van der Waals surface area contributed by atoms with Gasteiger partial charge in [-0.05, 0) is 18.6 Å². The Labute approximate surface area is 123 Å². The van der Waals surface area contributed by atoms with Gasteiger partial charge in [-0.3, -0.25) is 0 Å². The fourth-order valence-electron chi connectivity index (χ4n) is 1.84. The molecule has 2 rings (SSSR count). The third kappa shape index (κ3) is 2.55. The van der Waals surface area contributed by atoms with E-state index in [-0.39, 0.29) is 39.7 Å². The maximum atomic E-state index is 13.4. The van der Waals surface area contributed by atoms with E-state index >= 15 is 0 Å². The van der Waals surface area contributed by atoms with Crippen molar-refractivity contribution in [2.24, 2.45) is 0 Å². The molecule has 0 fully saturated rings. The molecule has 0 atom stereocenters. The summed E-state index contributed by atoms with van der Waals surface area (Å²) in [7, 11) is 0. The Morgan fingerprint density at radius 2 is 2.00 bits per heavy atom. The summed E-state index contributed by atoms with van der Waals surface area (Å²) < 4.78 is 31.4. The van der Waals surface area contributed by atoms with Crippen LogP contribution in [-0.4, -0.2) is 17.6 Å². The number of fused-ring (bicyclic) bond motifs is 1. The fourth-order valence-corrected chi connectivity index (χ4v) is 2.40. The molecule has 0 aliphatic rings. The number of aromatic nitrogens is 1. The topological polar surface area (TPSA) is 39.2 Å². The number of rotatable bonds is 3. The smallest absolute Gasteiger partial charge is 0.341 e. The molecule has 0 radical (unpaired) electrons. The summed E-state index contributed by atoms with van der Waals surface area (Å²) in [5.41, 5.74) is 0.360. The lowest BCUT2D eigenvalue weighted by Gasteiger charge is -2.11. The van der Waals surface area contributed by atoms with Crippen LogP contribution in [0.2, 0.25) is 5.15 Å². The van der Waals surface area contributed by atoms with Crippen molar-refractivity contribution in [2.45, 2.75) is 12.8 Å². The van der Waals surface area contributed by atoms with Crippen molar-refractivity contribution in [1.29, 1.82) is 0 Å². The van der Waals surface area contributed by atoms with E-state index in [1.165, 1.54) is 0 Å². The van der Waals surface area contributed by atoms with E-state index in [4.69, 9.17) is 27.9 Å². The number of ether oxygens (including phenoxy) is 1. The van der Waals surface area contributed by atoms with Crippen molar-refractivity contribution < 1.29 is 18.3 Å². The summed E-state index contributed by atoms with van der Waals surface area (Å²) in [5, 5.41) is 0.0731. The third-order valence-corrected chi connectivity index (χ3v) is 3.24. The number of benzene rings is 1. The molecule has 20 heavy (non-hydrogen) atoms. The number of hydrogen-bond donors (Lipinski definition) is 0. The monoisotopic (exact) mass is 319 g/mol. The number of hydrogen-bond acceptors (Lipinski definition) is 3. The Balaban J connectivity index is 2.79. The van der Waals surface area contributed by atoms with E-state index in [0.717, 1.165) is 12.1 Å². The van der Waals surface area contributed by atoms with Gasteiger partial charge < -0.3 is 4.74 Å². The SMILES string of the molecule is CCOC(=O)c1c(Cl)nc2cc(F)c(F)cc2c1CCl. The second kappa shape index (κ2) is 5.89. The number of halogens is 4. The second-order valence-electron chi connectivity index (χ2n) is 3.89. The highest BCUT2D eigenvalue weighted by Crippen LogP contribution is 2.30. The molecule has 1 aromatic heterocycles. The zero-order valence-corrected chi connectivity index (χ0v) is 11.9. The lowest BCUT2D eigenvalue weighted by Crippen LogP contribution is -2.10. The van der Waals surface area contributed by atoms with Gasteiger partial charge in [0.2, 0.25) is 0 Å².